The van der Waals surface area contributed by atoms with E-state index in [1.54, 1.807) is 23.2 Å². The van der Waals surface area contributed by atoms with Gasteiger partial charge in [0.25, 0.3) is 0 Å². The highest BCUT2D eigenvalue weighted by Crippen LogP contribution is 2.12. The van der Waals surface area contributed by atoms with Gasteiger partial charge in [-0.1, -0.05) is 28.1 Å². The van der Waals surface area contributed by atoms with Gasteiger partial charge in [0.05, 0.1) is 0 Å². The zero-order chi connectivity index (χ0) is 7.40. The molecule has 0 aromatic heterocycles. The van der Waals surface area contributed by atoms with Crippen molar-refractivity contribution in [3.8, 4) is 5.75 Å². The van der Waals surface area contributed by atoms with E-state index in [1.165, 1.54) is 0 Å². The summed E-state index contributed by atoms with van der Waals surface area (Å²) >= 11 is 3.15. The Morgan fingerprint density at radius 2 is 2.20 bits per heavy atom. The van der Waals surface area contributed by atoms with Gasteiger partial charge in [0.1, 0.15) is 5.75 Å². The lowest BCUT2D eigenvalue weighted by molar-refractivity contribution is 0.475. The molecule has 1 aromatic rings. The number of halogens is 1. The van der Waals surface area contributed by atoms with E-state index in [0.717, 1.165) is 5.56 Å². The molecular weight excluding hydrogens is 192 g/mol. The summed E-state index contributed by atoms with van der Waals surface area (Å²) in [5.74, 6) is 0.295. The monoisotopic (exact) mass is 198 g/mol. The Kier molecular flexibility index (Phi) is 2.51. The average molecular weight is 199 g/mol. The van der Waals surface area contributed by atoms with Crippen molar-refractivity contribution in [2.75, 3.05) is 0 Å². The Morgan fingerprint density at radius 3 is 2.80 bits per heavy atom. The van der Waals surface area contributed by atoms with E-state index in [1.807, 2.05) is 12.1 Å². The van der Waals surface area contributed by atoms with E-state index >= 15 is 0 Å². The predicted molar refractivity (Wildman–Crippen MR) is 46.1 cm³/mol. The summed E-state index contributed by atoms with van der Waals surface area (Å²) in [6.07, 6.45) is 1.86. The summed E-state index contributed by atoms with van der Waals surface area (Å²) in [4.78, 5) is 1.75. The number of rotatable bonds is 1. The number of hydrogen-bond acceptors (Lipinski definition) is 1. The van der Waals surface area contributed by atoms with Crippen LogP contribution in [-0.2, 0) is 0 Å². The van der Waals surface area contributed by atoms with Crippen molar-refractivity contribution in [2.24, 2.45) is 0 Å². The second-order valence-corrected chi connectivity index (χ2v) is 2.42. The molecule has 0 bridgehead atoms. The molecule has 0 fully saturated rings. The number of aromatic hydroxyl groups is 1. The summed E-state index contributed by atoms with van der Waals surface area (Å²) in [5, 5.41) is 8.99. The first kappa shape index (κ1) is 7.35. The molecular formula is C8H7BrO. The minimum absolute atomic E-state index is 0.295. The Hall–Kier alpha value is -0.760. The van der Waals surface area contributed by atoms with Crippen LogP contribution in [0.3, 0.4) is 0 Å². The van der Waals surface area contributed by atoms with E-state index in [-0.39, 0.29) is 0 Å². The lowest BCUT2D eigenvalue weighted by Crippen LogP contribution is -1.68. The number of phenolic OH excluding ortho intramolecular Hbond substituents is 1. The minimum Gasteiger partial charge on any atom is -0.508 e. The Morgan fingerprint density at radius 1 is 1.40 bits per heavy atom. The van der Waals surface area contributed by atoms with E-state index in [0.29, 0.717) is 5.75 Å². The molecule has 0 amide bonds. The zero-order valence-electron chi connectivity index (χ0n) is 5.29. The van der Waals surface area contributed by atoms with E-state index in [2.05, 4.69) is 15.9 Å². The molecule has 0 unspecified atom stereocenters. The van der Waals surface area contributed by atoms with Gasteiger partial charge in [0.15, 0.2) is 0 Å². The van der Waals surface area contributed by atoms with Crippen molar-refractivity contribution in [3.05, 3.63) is 34.8 Å². The molecule has 1 aromatic carbocycles. The minimum atomic E-state index is 0.295. The number of phenols is 1. The summed E-state index contributed by atoms with van der Waals surface area (Å²) < 4.78 is 0. The highest BCUT2D eigenvalue weighted by atomic mass is 79.9. The Balaban J connectivity index is 2.95. The van der Waals surface area contributed by atoms with E-state index in [4.69, 9.17) is 5.11 Å². The lowest BCUT2D eigenvalue weighted by atomic mass is 10.2. The third kappa shape index (κ3) is 1.88. The molecule has 1 rings (SSSR count). The van der Waals surface area contributed by atoms with Crippen LogP contribution in [0.1, 0.15) is 5.56 Å². The molecule has 0 radical (unpaired) electrons. The van der Waals surface area contributed by atoms with Crippen LogP contribution >= 0.6 is 15.9 Å². The average Bonchev–Trinajstić information content (AvgIpc) is 1.88. The summed E-state index contributed by atoms with van der Waals surface area (Å²) in [7, 11) is 0. The molecule has 1 N–H and O–H groups in total. The second kappa shape index (κ2) is 3.42. The molecule has 0 atom stereocenters. The van der Waals surface area contributed by atoms with Crippen molar-refractivity contribution in [1.29, 1.82) is 0 Å². The van der Waals surface area contributed by atoms with Crippen molar-refractivity contribution in [3.63, 3.8) is 0 Å². The van der Waals surface area contributed by atoms with Gasteiger partial charge in [0.2, 0.25) is 0 Å². The molecule has 1 nitrogen and oxygen atoms in total. The van der Waals surface area contributed by atoms with Gasteiger partial charge < -0.3 is 5.11 Å². The fraction of sp³-hybridized carbons (Fsp3) is 0. The lowest BCUT2D eigenvalue weighted by Gasteiger charge is -1.92. The van der Waals surface area contributed by atoms with Crippen molar-refractivity contribution >= 4 is 22.0 Å². The predicted octanol–water partition coefficient (Wildman–Crippen LogP) is 2.76. The van der Waals surface area contributed by atoms with Gasteiger partial charge in [-0.25, -0.2) is 0 Å². The summed E-state index contributed by atoms with van der Waals surface area (Å²) in [6, 6.07) is 7.05. The number of benzene rings is 1. The molecule has 2 heteroatoms. The van der Waals surface area contributed by atoms with Crippen molar-refractivity contribution in [1.82, 2.24) is 0 Å². The zero-order valence-corrected chi connectivity index (χ0v) is 6.88. The van der Waals surface area contributed by atoms with Crippen LogP contribution < -0.4 is 0 Å². The Labute approximate surface area is 68.1 Å². The first-order chi connectivity index (χ1) is 4.83. The molecule has 0 aliphatic carbocycles. The van der Waals surface area contributed by atoms with Crippen LogP contribution in [-0.4, -0.2) is 5.11 Å². The fourth-order valence-electron chi connectivity index (χ4n) is 0.701. The van der Waals surface area contributed by atoms with Gasteiger partial charge >= 0.3 is 0 Å². The second-order valence-electron chi connectivity index (χ2n) is 1.89. The SMILES string of the molecule is Oc1cccc(/C=C/Br)c1. The van der Waals surface area contributed by atoms with Crippen molar-refractivity contribution in [2.45, 2.75) is 0 Å². The summed E-state index contributed by atoms with van der Waals surface area (Å²) in [5.41, 5.74) is 0.983. The first-order valence-electron chi connectivity index (χ1n) is 2.89. The van der Waals surface area contributed by atoms with Gasteiger partial charge in [0, 0.05) is 0 Å². The standard InChI is InChI=1S/C8H7BrO/c9-5-4-7-2-1-3-8(10)6-7/h1-6,10H/b5-4+. The van der Waals surface area contributed by atoms with E-state index < -0.39 is 0 Å². The van der Waals surface area contributed by atoms with Crippen LogP contribution in [0.25, 0.3) is 6.08 Å². The van der Waals surface area contributed by atoms with Gasteiger partial charge in [-0.3, -0.25) is 0 Å². The van der Waals surface area contributed by atoms with Gasteiger partial charge in [-0.2, -0.15) is 0 Å². The quantitative estimate of drug-likeness (QED) is 0.737. The maximum absolute atomic E-state index is 8.99. The van der Waals surface area contributed by atoms with Crippen LogP contribution in [0, 0.1) is 0 Å². The maximum Gasteiger partial charge on any atom is 0.116 e. The highest BCUT2D eigenvalue weighted by molar-refractivity contribution is 9.11. The van der Waals surface area contributed by atoms with Crippen molar-refractivity contribution < 1.29 is 5.11 Å². The molecule has 10 heavy (non-hydrogen) atoms. The molecule has 0 spiro atoms. The molecule has 52 valence electrons. The maximum atomic E-state index is 8.99. The normalized spacial score (nSPS) is 10.5. The topological polar surface area (TPSA) is 20.2 Å². The van der Waals surface area contributed by atoms with Crippen LogP contribution in [0.4, 0.5) is 0 Å². The molecule has 0 saturated heterocycles. The third-order valence-electron chi connectivity index (χ3n) is 1.13. The van der Waals surface area contributed by atoms with Crippen LogP contribution in [0.15, 0.2) is 29.3 Å². The molecule has 0 aliphatic rings. The van der Waals surface area contributed by atoms with Gasteiger partial charge in [-0.05, 0) is 28.8 Å². The number of hydrogen-bond donors (Lipinski definition) is 1. The van der Waals surface area contributed by atoms with E-state index in [9.17, 15) is 0 Å². The summed E-state index contributed by atoms with van der Waals surface area (Å²) in [6.45, 7) is 0. The fourth-order valence-corrected chi connectivity index (χ4v) is 1.01. The first-order valence-corrected chi connectivity index (χ1v) is 3.80. The smallest absolute Gasteiger partial charge is 0.116 e. The largest absolute Gasteiger partial charge is 0.508 e. The highest BCUT2D eigenvalue weighted by Gasteiger charge is 1.86. The Bertz CT molecular complexity index is 243. The molecule has 0 heterocycles. The van der Waals surface area contributed by atoms with Crippen LogP contribution in [0.2, 0.25) is 0 Å². The van der Waals surface area contributed by atoms with Gasteiger partial charge in [-0.15, -0.1) is 0 Å². The molecule has 0 aliphatic heterocycles. The molecule has 0 saturated carbocycles. The van der Waals surface area contributed by atoms with Crippen LogP contribution in [0.5, 0.6) is 5.75 Å². The third-order valence-corrected chi connectivity index (χ3v) is 1.39.